The van der Waals surface area contributed by atoms with E-state index in [2.05, 4.69) is 5.32 Å². The maximum atomic E-state index is 12.2. The molecule has 0 aromatic heterocycles. The van der Waals surface area contributed by atoms with E-state index in [1.807, 2.05) is 50.2 Å². The Hall–Kier alpha value is -2.29. The van der Waals surface area contributed by atoms with Crippen LogP contribution in [-0.2, 0) is 0 Å². The number of hydrogen-bond donors (Lipinski definition) is 2. The molecule has 2 aromatic rings. The average Bonchev–Trinajstić information content (AvgIpc) is 2.39. The van der Waals surface area contributed by atoms with Crippen LogP contribution < -0.4 is 11.1 Å². The highest BCUT2D eigenvalue weighted by Crippen LogP contribution is 2.15. The van der Waals surface area contributed by atoms with Gasteiger partial charge in [0, 0.05) is 11.3 Å². The molecule has 0 heterocycles. The van der Waals surface area contributed by atoms with Gasteiger partial charge in [0.15, 0.2) is 0 Å². The number of nitrogens with two attached hydrogens (primary N) is 1. The highest BCUT2D eigenvalue weighted by Gasteiger charge is 2.13. The van der Waals surface area contributed by atoms with Crippen LogP contribution in [0.5, 0.6) is 0 Å². The molecule has 0 unspecified atom stereocenters. The lowest BCUT2D eigenvalue weighted by Gasteiger charge is -2.15. The van der Waals surface area contributed by atoms with Gasteiger partial charge >= 0.3 is 0 Å². The molecule has 2 rings (SSSR count). The van der Waals surface area contributed by atoms with Gasteiger partial charge in [0.1, 0.15) is 0 Å². The predicted octanol–water partition coefficient (Wildman–Crippen LogP) is 3.07. The quantitative estimate of drug-likeness (QED) is 0.827. The van der Waals surface area contributed by atoms with Gasteiger partial charge in [-0.05, 0) is 43.2 Å². The second kappa shape index (κ2) is 5.57. The lowest BCUT2D eigenvalue weighted by molar-refractivity contribution is 0.0939. The molecule has 19 heavy (non-hydrogen) atoms. The van der Waals surface area contributed by atoms with E-state index < -0.39 is 0 Å². The van der Waals surface area contributed by atoms with Crippen molar-refractivity contribution in [3.8, 4) is 0 Å². The van der Waals surface area contributed by atoms with Gasteiger partial charge in [-0.15, -0.1) is 0 Å². The van der Waals surface area contributed by atoms with Crippen LogP contribution in [0.4, 0.5) is 5.69 Å². The Morgan fingerprint density at radius 1 is 1.16 bits per heavy atom. The SMILES string of the molecule is Cc1cc(N)ccc1C(=O)N[C@H](C)c1ccccc1. The molecule has 3 nitrogen and oxygen atoms in total. The van der Waals surface area contributed by atoms with Gasteiger partial charge in [0.05, 0.1) is 6.04 Å². The summed E-state index contributed by atoms with van der Waals surface area (Å²) in [5.74, 6) is -0.0751. The number of carbonyl (C=O) groups is 1. The van der Waals surface area contributed by atoms with Crippen LogP contribution in [0.25, 0.3) is 0 Å². The van der Waals surface area contributed by atoms with Crippen LogP contribution in [0.2, 0.25) is 0 Å². The van der Waals surface area contributed by atoms with E-state index in [0.717, 1.165) is 11.1 Å². The molecule has 0 radical (unpaired) electrons. The van der Waals surface area contributed by atoms with Crippen molar-refractivity contribution in [1.82, 2.24) is 5.32 Å². The van der Waals surface area contributed by atoms with E-state index in [-0.39, 0.29) is 11.9 Å². The zero-order valence-corrected chi connectivity index (χ0v) is 11.2. The summed E-state index contributed by atoms with van der Waals surface area (Å²) in [6.07, 6.45) is 0. The number of nitrogen functional groups attached to an aromatic ring is 1. The van der Waals surface area contributed by atoms with Crippen molar-refractivity contribution in [2.75, 3.05) is 5.73 Å². The highest BCUT2D eigenvalue weighted by molar-refractivity contribution is 5.96. The molecule has 0 aliphatic heterocycles. The lowest BCUT2D eigenvalue weighted by Crippen LogP contribution is -2.27. The number of anilines is 1. The summed E-state index contributed by atoms with van der Waals surface area (Å²) in [6, 6.07) is 15.2. The van der Waals surface area contributed by atoms with Gasteiger partial charge in [0.25, 0.3) is 5.91 Å². The zero-order valence-electron chi connectivity index (χ0n) is 11.2. The largest absolute Gasteiger partial charge is 0.399 e. The molecule has 0 aliphatic rings. The molecule has 0 saturated heterocycles. The molecular weight excluding hydrogens is 236 g/mol. The average molecular weight is 254 g/mol. The third kappa shape index (κ3) is 3.13. The fraction of sp³-hybridized carbons (Fsp3) is 0.188. The van der Waals surface area contributed by atoms with E-state index in [4.69, 9.17) is 5.73 Å². The van der Waals surface area contributed by atoms with Crippen molar-refractivity contribution in [1.29, 1.82) is 0 Å². The lowest BCUT2D eigenvalue weighted by atomic mass is 10.1. The summed E-state index contributed by atoms with van der Waals surface area (Å²) < 4.78 is 0. The minimum atomic E-state index is -0.0751. The first-order valence-electron chi connectivity index (χ1n) is 6.30. The molecular formula is C16H18N2O. The number of hydrogen-bond acceptors (Lipinski definition) is 2. The summed E-state index contributed by atoms with van der Waals surface area (Å²) in [6.45, 7) is 3.86. The molecule has 0 spiro atoms. The Labute approximate surface area is 113 Å². The molecule has 1 amide bonds. The van der Waals surface area contributed by atoms with Crippen molar-refractivity contribution in [2.45, 2.75) is 19.9 Å². The Morgan fingerprint density at radius 2 is 1.84 bits per heavy atom. The first-order valence-corrected chi connectivity index (χ1v) is 6.30. The first-order chi connectivity index (χ1) is 9.08. The van der Waals surface area contributed by atoms with Crippen molar-refractivity contribution < 1.29 is 4.79 Å². The number of benzene rings is 2. The molecule has 3 heteroatoms. The number of nitrogens with one attached hydrogen (secondary N) is 1. The van der Waals surface area contributed by atoms with Gasteiger partial charge in [0.2, 0.25) is 0 Å². The van der Waals surface area contributed by atoms with E-state index in [9.17, 15) is 4.79 Å². The van der Waals surface area contributed by atoms with Crippen molar-refractivity contribution in [2.24, 2.45) is 0 Å². The minimum absolute atomic E-state index is 0.0225. The second-order valence-electron chi connectivity index (χ2n) is 4.68. The summed E-state index contributed by atoms with van der Waals surface area (Å²) in [7, 11) is 0. The van der Waals surface area contributed by atoms with Crippen molar-refractivity contribution in [3.05, 3.63) is 65.2 Å². The van der Waals surface area contributed by atoms with Crippen LogP contribution in [0.3, 0.4) is 0 Å². The summed E-state index contributed by atoms with van der Waals surface area (Å²) in [4.78, 5) is 12.2. The number of amides is 1. The normalized spacial score (nSPS) is 11.9. The highest BCUT2D eigenvalue weighted by atomic mass is 16.1. The topological polar surface area (TPSA) is 55.1 Å². The number of carbonyl (C=O) groups excluding carboxylic acids is 1. The third-order valence-electron chi connectivity index (χ3n) is 3.14. The molecule has 0 saturated carbocycles. The molecule has 2 aromatic carbocycles. The fourth-order valence-corrected chi connectivity index (χ4v) is 2.04. The van der Waals surface area contributed by atoms with Gasteiger partial charge < -0.3 is 11.1 Å². The number of aryl methyl sites for hydroxylation is 1. The van der Waals surface area contributed by atoms with Crippen LogP contribution in [0.1, 0.15) is 34.5 Å². The monoisotopic (exact) mass is 254 g/mol. The van der Waals surface area contributed by atoms with Crippen molar-refractivity contribution >= 4 is 11.6 Å². The Balaban J connectivity index is 2.13. The summed E-state index contributed by atoms with van der Waals surface area (Å²) in [5.41, 5.74) is 9.00. The number of rotatable bonds is 3. The van der Waals surface area contributed by atoms with Crippen LogP contribution in [0, 0.1) is 6.92 Å². The Kier molecular flexibility index (Phi) is 3.85. The van der Waals surface area contributed by atoms with E-state index in [1.54, 1.807) is 12.1 Å². The Bertz CT molecular complexity index is 579. The van der Waals surface area contributed by atoms with Gasteiger partial charge in [-0.3, -0.25) is 4.79 Å². The maximum absolute atomic E-state index is 12.2. The third-order valence-corrected chi connectivity index (χ3v) is 3.14. The molecule has 98 valence electrons. The van der Waals surface area contributed by atoms with Crippen LogP contribution in [0.15, 0.2) is 48.5 Å². The van der Waals surface area contributed by atoms with E-state index in [0.29, 0.717) is 11.3 Å². The molecule has 0 fully saturated rings. The van der Waals surface area contributed by atoms with Gasteiger partial charge in [-0.1, -0.05) is 30.3 Å². The van der Waals surface area contributed by atoms with Gasteiger partial charge in [-0.2, -0.15) is 0 Å². The second-order valence-corrected chi connectivity index (χ2v) is 4.68. The minimum Gasteiger partial charge on any atom is -0.399 e. The predicted molar refractivity (Wildman–Crippen MR) is 77.9 cm³/mol. The standard InChI is InChI=1S/C16H18N2O/c1-11-10-14(17)8-9-15(11)16(19)18-12(2)13-6-4-3-5-7-13/h3-10,12H,17H2,1-2H3,(H,18,19)/t12-/m1/s1. The van der Waals surface area contributed by atoms with Crippen molar-refractivity contribution in [3.63, 3.8) is 0 Å². The molecule has 3 N–H and O–H groups in total. The molecule has 0 aliphatic carbocycles. The first kappa shape index (κ1) is 13.1. The summed E-state index contributed by atoms with van der Waals surface area (Å²) >= 11 is 0. The fourth-order valence-electron chi connectivity index (χ4n) is 2.04. The van der Waals surface area contributed by atoms with Gasteiger partial charge in [-0.25, -0.2) is 0 Å². The Morgan fingerprint density at radius 3 is 2.47 bits per heavy atom. The smallest absolute Gasteiger partial charge is 0.252 e. The molecule has 0 bridgehead atoms. The maximum Gasteiger partial charge on any atom is 0.252 e. The van der Waals surface area contributed by atoms with E-state index >= 15 is 0 Å². The van der Waals surface area contributed by atoms with E-state index in [1.165, 1.54) is 0 Å². The summed E-state index contributed by atoms with van der Waals surface area (Å²) in [5, 5.41) is 2.99. The van der Waals surface area contributed by atoms with Crippen LogP contribution >= 0.6 is 0 Å². The van der Waals surface area contributed by atoms with Crippen LogP contribution in [-0.4, -0.2) is 5.91 Å². The zero-order chi connectivity index (χ0) is 13.8. The molecule has 1 atom stereocenters.